The fourth-order valence-corrected chi connectivity index (χ4v) is 3.68. The second-order valence-corrected chi connectivity index (χ2v) is 7.47. The zero-order chi connectivity index (χ0) is 20.1. The molecule has 1 amide bonds. The molecule has 3 rings (SSSR count). The Hall–Kier alpha value is -2.51. The maximum Gasteiger partial charge on any atom is 0.232 e. The molecular formula is C20H21ClN4O2S. The van der Waals surface area contributed by atoms with Gasteiger partial charge in [-0.1, -0.05) is 35.5 Å². The molecule has 0 aliphatic rings. The van der Waals surface area contributed by atoms with Gasteiger partial charge in [-0.05, 0) is 43.3 Å². The van der Waals surface area contributed by atoms with E-state index in [9.17, 15) is 4.79 Å². The molecule has 0 saturated heterocycles. The molecule has 8 heteroatoms. The van der Waals surface area contributed by atoms with E-state index >= 15 is 0 Å². The second-order valence-electron chi connectivity index (χ2n) is 6.13. The Balaban J connectivity index is 2.03. The van der Waals surface area contributed by atoms with Crippen LogP contribution in [0.25, 0.3) is 17.1 Å². The summed E-state index contributed by atoms with van der Waals surface area (Å²) in [6.07, 6.45) is 0. The zero-order valence-electron chi connectivity index (χ0n) is 15.9. The van der Waals surface area contributed by atoms with Crippen LogP contribution < -0.4 is 4.74 Å². The van der Waals surface area contributed by atoms with Crippen LogP contribution in [-0.4, -0.2) is 52.0 Å². The van der Waals surface area contributed by atoms with Crippen LogP contribution in [0.15, 0.2) is 53.7 Å². The standard InChI is InChI=1S/C20H21ClN4O2S/c1-4-27-15-11-9-14(10-12-15)25-19(16-7-5-6-8-17(16)21)22-23-20(25)28-13-18(26)24(2)3/h5-12H,4,13H2,1-3H3. The molecule has 2 aromatic carbocycles. The van der Waals surface area contributed by atoms with Crippen LogP contribution in [0.1, 0.15) is 6.92 Å². The lowest BCUT2D eigenvalue weighted by molar-refractivity contribution is -0.125. The van der Waals surface area contributed by atoms with Crippen molar-refractivity contribution in [2.45, 2.75) is 12.1 Å². The summed E-state index contributed by atoms with van der Waals surface area (Å²) in [6, 6.07) is 15.2. The van der Waals surface area contributed by atoms with Crippen molar-refractivity contribution >= 4 is 29.3 Å². The largest absolute Gasteiger partial charge is 0.494 e. The number of benzene rings is 2. The lowest BCUT2D eigenvalue weighted by Gasteiger charge is -2.13. The molecule has 3 aromatic rings. The third-order valence-electron chi connectivity index (χ3n) is 3.98. The predicted octanol–water partition coefficient (Wildman–Crippen LogP) is 4.17. The summed E-state index contributed by atoms with van der Waals surface area (Å²) in [6.45, 7) is 2.55. The fourth-order valence-electron chi connectivity index (χ4n) is 2.53. The molecule has 0 spiro atoms. The third-order valence-corrected chi connectivity index (χ3v) is 5.22. The summed E-state index contributed by atoms with van der Waals surface area (Å²) in [5.74, 6) is 1.68. The van der Waals surface area contributed by atoms with Gasteiger partial charge in [-0.3, -0.25) is 9.36 Å². The number of amides is 1. The molecule has 0 bridgehead atoms. The van der Waals surface area contributed by atoms with Crippen LogP contribution in [0.4, 0.5) is 0 Å². The maximum absolute atomic E-state index is 12.0. The van der Waals surface area contributed by atoms with Crippen molar-refractivity contribution in [2.75, 3.05) is 26.5 Å². The van der Waals surface area contributed by atoms with E-state index in [0.717, 1.165) is 17.0 Å². The number of aromatic nitrogens is 3. The van der Waals surface area contributed by atoms with Crippen molar-refractivity contribution in [3.05, 3.63) is 53.6 Å². The first-order chi connectivity index (χ1) is 13.5. The molecule has 0 saturated carbocycles. The average molecular weight is 417 g/mol. The van der Waals surface area contributed by atoms with Gasteiger partial charge in [0.05, 0.1) is 17.4 Å². The summed E-state index contributed by atoms with van der Waals surface area (Å²) in [4.78, 5) is 13.6. The van der Waals surface area contributed by atoms with Gasteiger partial charge in [0.2, 0.25) is 5.91 Å². The zero-order valence-corrected chi connectivity index (χ0v) is 17.5. The summed E-state index contributed by atoms with van der Waals surface area (Å²) in [5.41, 5.74) is 1.64. The van der Waals surface area contributed by atoms with E-state index in [4.69, 9.17) is 16.3 Å². The highest BCUT2D eigenvalue weighted by Gasteiger charge is 2.19. The number of hydrogen-bond donors (Lipinski definition) is 0. The van der Waals surface area contributed by atoms with E-state index in [2.05, 4.69) is 10.2 Å². The van der Waals surface area contributed by atoms with Crippen LogP contribution in [0.3, 0.4) is 0 Å². The first kappa shape index (κ1) is 20.2. The van der Waals surface area contributed by atoms with Gasteiger partial charge in [0, 0.05) is 25.3 Å². The molecule has 6 nitrogen and oxygen atoms in total. The monoisotopic (exact) mass is 416 g/mol. The van der Waals surface area contributed by atoms with E-state index in [1.54, 1.807) is 19.0 Å². The smallest absolute Gasteiger partial charge is 0.232 e. The Morgan fingerprint density at radius 1 is 1.14 bits per heavy atom. The van der Waals surface area contributed by atoms with E-state index < -0.39 is 0 Å². The van der Waals surface area contributed by atoms with Crippen molar-refractivity contribution < 1.29 is 9.53 Å². The Morgan fingerprint density at radius 2 is 1.86 bits per heavy atom. The molecule has 1 heterocycles. The SMILES string of the molecule is CCOc1ccc(-n2c(SCC(=O)N(C)C)nnc2-c2ccccc2Cl)cc1. The first-order valence-electron chi connectivity index (χ1n) is 8.77. The summed E-state index contributed by atoms with van der Waals surface area (Å²) < 4.78 is 7.44. The summed E-state index contributed by atoms with van der Waals surface area (Å²) in [7, 11) is 3.46. The quantitative estimate of drug-likeness (QED) is 0.541. The minimum Gasteiger partial charge on any atom is -0.494 e. The van der Waals surface area contributed by atoms with Gasteiger partial charge < -0.3 is 9.64 Å². The molecule has 28 heavy (non-hydrogen) atoms. The summed E-state index contributed by atoms with van der Waals surface area (Å²) in [5, 5.41) is 9.88. The lowest BCUT2D eigenvalue weighted by Crippen LogP contribution is -2.23. The van der Waals surface area contributed by atoms with Crippen LogP contribution in [0, 0.1) is 0 Å². The van der Waals surface area contributed by atoms with Gasteiger partial charge in [-0.2, -0.15) is 0 Å². The van der Waals surface area contributed by atoms with Gasteiger partial charge in [0.25, 0.3) is 0 Å². The highest BCUT2D eigenvalue weighted by molar-refractivity contribution is 7.99. The first-order valence-corrected chi connectivity index (χ1v) is 10.1. The molecule has 0 unspecified atom stereocenters. The average Bonchev–Trinajstić information content (AvgIpc) is 3.11. The number of halogens is 1. The van der Waals surface area contributed by atoms with E-state index in [1.807, 2.05) is 60.0 Å². The number of rotatable bonds is 7. The number of ether oxygens (including phenoxy) is 1. The maximum atomic E-state index is 12.0. The molecule has 0 aliphatic heterocycles. The molecule has 0 fully saturated rings. The van der Waals surface area contributed by atoms with Crippen molar-refractivity contribution in [1.29, 1.82) is 0 Å². The topological polar surface area (TPSA) is 60.2 Å². The van der Waals surface area contributed by atoms with Crippen molar-refractivity contribution in [2.24, 2.45) is 0 Å². The third kappa shape index (κ3) is 4.48. The van der Waals surface area contributed by atoms with Gasteiger partial charge in [-0.15, -0.1) is 10.2 Å². The van der Waals surface area contributed by atoms with Crippen molar-refractivity contribution in [3.8, 4) is 22.8 Å². The fraction of sp³-hybridized carbons (Fsp3) is 0.250. The number of carbonyl (C=O) groups excluding carboxylic acids is 1. The molecule has 0 atom stereocenters. The van der Waals surface area contributed by atoms with Crippen molar-refractivity contribution in [1.82, 2.24) is 19.7 Å². The number of nitrogens with zero attached hydrogens (tertiary/aromatic N) is 4. The molecule has 0 radical (unpaired) electrons. The van der Waals surface area contributed by atoms with E-state index in [-0.39, 0.29) is 11.7 Å². The van der Waals surface area contributed by atoms with E-state index in [1.165, 1.54) is 11.8 Å². The Labute approximate surface area is 173 Å². The molecule has 146 valence electrons. The highest BCUT2D eigenvalue weighted by atomic mass is 35.5. The van der Waals surface area contributed by atoms with Gasteiger partial charge >= 0.3 is 0 Å². The Morgan fingerprint density at radius 3 is 2.50 bits per heavy atom. The van der Waals surface area contributed by atoms with Gasteiger partial charge in [0.15, 0.2) is 11.0 Å². The predicted molar refractivity (Wildman–Crippen MR) is 112 cm³/mol. The highest BCUT2D eigenvalue weighted by Crippen LogP contribution is 2.32. The van der Waals surface area contributed by atoms with Gasteiger partial charge in [0.1, 0.15) is 5.75 Å². The van der Waals surface area contributed by atoms with Crippen molar-refractivity contribution in [3.63, 3.8) is 0 Å². The van der Waals surface area contributed by atoms with Gasteiger partial charge in [-0.25, -0.2) is 0 Å². The Bertz CT molecular complexity index is 957. The molecule has 0 N–H and O–H groups in total. The molecule has 1 aromatic heterocycles. The normalized spacial score (nSPS) is 10.7. The van der Waals surface area contributed by atoms with Crippen LogP contribution in [0.5, 0.6) is 5.75 Å². The van der Waals surface area contributed by atoms with E-state index in [0.29, 0.717) is 22.6 Å². The minimum atomic E-state index is 0.00513. The minimum absolute atomic E-state index is 0.00513. The lowest BCUT2D eigenvalue weighted by atomic mass is 10.2. The second kappa shape index (κ2) is 9.12. The molecule has 0 aliphatic carbocycles. The molecular weight excluding hydrogens is 396 g/mol. The number of carbonyl (C=O) groups is 1. The van der Waals surface area contributed by atoms with Crippen LogP contribution in [-0.2, 0) is 4.79 Å². The number of hydrogen-bond acceptors (Lipinski definition) is 5. The number of thioether (sulfide) groups is 1. The van der Waals surface area contributed by atoms with Crippen LogP contribution in [0.2, 0.25) is 5.02 Å². The Kier molecular flexibility index (Phi) is 6.59. The van der Waals surface area contributed by atoms with Crippen LogP contribution >= 0.6 is 23.4 Å². The summed E-state index contributed by atoms with van der Waals surface area (Å²) >= 11 is 7.73.